The molecule has 0 saturated heterocycles. The molecule has 23 heavy (non-hydrogen) atoms. The molecular weight excluding hydrogens is 360 g/mol. The zero-order valence-corrected chi connectivity index (χ0v) is 14.3. The number of amides is 1. The second kappa shape index (κ2) is 6.33. The molecule has 3 aromatic heterocycles. The lowest BCUT2D eigenvalue weighted by Gasteiger charge is -2.05. The first-order valence-corrected chi connectivity index (χ1v) is 7.79. The topological polar surface area (TPSA) is 77.6 Å². The Hall–Kier alpha value is -2.48. The summed E-state index contributed by atoms with van der Waals surface area (Å²) < 4.78 is 4.48. The average Bonchev–Trinajstić information content (AvgIpc) is 3.10. The van der Waals surface area contributed by atoms with Gasteiger partial charge in [-0.1, -0.05) is 6.07 Å². The lowest BCUT2D eigenvalue weighted by atomic mass is 10.4. The highest BCUT2D eigenvalue weighted by atomic mass is 79.9. The summed E-state index contributed by atoms with van der Waals surface area (Å²) in [6.07, 6.45) is 3.37. The van der Waals surface area contributed by atoms with Crippen LogP contribution in [0.3, 0.4) is 0 Å². The van der Waals surface area contributed by atoms with Crippen molar-refractivity contribution >= 4 is 27.7 Å². The Morgan fingerprint density at radius 1 is 1.26 bits per heavy atom. The number of aromatic nitrogens is 5. The zero-order chi connectivity index (χ0) is 16.4. The monoisotopic (exact) mass is 374 g/mol. The molecule has 3 heterocycles. The van der Waals surface area contributed by atoms with Crippen molar-refractivity contribution in [2.24, 2.45) is 0 Å². The van der Waals surface area contributed by atoms with Gasteiger partial charge in [-0.25, -0.2) is 9.67 Å². The molecule has 0 spiro atoms. The highest BCUT2D eigenvalue weighted by Crippen LogP contribution is 2.19. The van der Waals surface area contributed by atoms with Crippen LogP contribution in [-0.2, 0) is 6.67 Å². The Balaban J connectivity index is 1.72. The first-order chi connectivity index (χ1) is 11.0. The van der Waals surface area contributed by atoms with Gasteiger partial charge in [-0.2, -0.15) is 10.2 Å². The van der Waals surface area contributed by atoms with Crippen LogP contribution in [0.2, 0.25) is 0 Å². The molecule has 1 N–H and O–H groups in total. The molecule has 3 aromatic rings. The predicted octanol–water partition coefficient (Wildman–Crippen LogP) is 2.61. The molecule has 7 nitrogen and oxygen atoms in total. The molecule has 0 aliphatic carbocycles. The Morgan fingerprint density at radius 3 is 2.74 bits per heavy atom. The lowest BCUT2D eigenvalue weighted by Crippen LogP contribution is -2.16. The maximum atomic E-state index is 12.1. The van der Waals surface area contributed by atoms with Crippen molar-refractivity contribution in [1.29, 1.82) is 0 Å². The number of hydrogen-bond donors (Lipinski definition) is 1. The van der Waals surface area contributed by atoms with Crippen molar-refractivity contribution in [2.75, 3.05) is 5.32 Å². The molecule has 0 bridgehead atoms. The molecule has 8 heteroatoms. The van der Waals surface area contributed by atoms with Gasteiger partial charge >= 0.3 is 0 Å². The highest BCUT2D eigenvalue weighted by Gasteiger charge is 2.12. The molecule has 0 saturated carbocycles. The summed E-state index contributed by atoms with van der Waals surface area (Å²) in [5.74, 6) is 0.200. The minimum Gasteiger partial charge on any atom is -0.305 e. The Morgan fingerprint density at radius 2 is 2.09 bits per heavy atom. The third kappa shape index (κ3) is 3.31. The molecule has 118 valence electrons. The number of halogens is 1. The molecular formula is C15H15BrN6O. The number of anilines is 1. The van der Waals surface area contributed by atoms with Gasteiger partial charge in [0.05, 0.1) is 15.9 Å². The SMILES string of the molecule is Cc1nn(Cn2ccc(C(=O)Nc3ccccn3)n2)c(C)c1Br. The molecule has 0 aromatic carbocycles. The first-order valence-electron chi connectivity index (χ1n) is 7.00. The van der Waals surface area contributed by atoms with E-state index in [9.17, 15) is 4.79 Å². The molecule has 0 fully saturated rings. The number of pyridine rings is 1. The summed E-state index contributed by atoms with van der Waals surface area (Å²) in [6, 6.07) is 6.99. The predicted molar refractivity (Wildman–Crippen MR) is 89.2 cm³/mol. The quantitative estimate of drug-likeness (QED) is 0.761. The van der Waals surface area contributed by atoms with E-state index in [0.717, 1.165) is 15.9 Å². The normalized spacial score (nSPS) is 10.7. The third-order valence-corrected chi connectivity index (χ3v) is 4.50. The van der Waals surface area contributed by atoms with Crippen LogP contribution in [0.15, 0.2) is 41.1 Å². The van der Waals surface area contributed by atoms with Crippen LogP contribution in [0, 0.1) is 13.8 Å². The van der Waals surface area contributed by atoms with Crippen molar-refractivity contribution in [3.8, 4) is 0 Å². The minimum atomic E-state index is -0.294. The standard InChI is InChI=1S/C15H15BrN6O/c1-10-14(16)11(2)22(19-10)9-21-8-6-12(20-21)15(23)18-13-5-3-4-7-17-13/h3-8H,9H2,1-2H3,(H,17,18,23). The second-order valence-electron chi connectivity index (χ2n) is 5.04. The minimum absolute atomic E-state index is 0.294. The number of aryl methyl sites for hydroxylation is 1. The van der Waals surface area contributed by atoms with Gasteiger partial charge in [-0.15, -0.1) is 0 Å². The van der Waals surface area contributed by atoms with Crippen LogP contribution in [-0.4, -0.2) is 30.5 Å². The molecule has 1 amide bonds. The summed E-state index contributed by atoms with van der Waals surface area (Å²) in [4.78, 5) is 16.2. The van der Waals surface area contributed by atoms with Crippen molar-refractivity contribution in [1.82, 2.24) is 24.5 Å². The Kier molecular flexibility index (Phi) is 4.24. The van der Waals surface area contributed by atoms with Gasteiger partial charge in [0.2, 0.25) is 0 Å². The molecule has 3 rings (SSSR count). The van der Waals surface area contributed by atoms with E-state index in [0.29, 0.717) is 18.2 Å². The summed E-state index contributed by atoms with van der Waals surface area (Å²) in [5.41, 5.74) is 2.26. The number of nitrogens with one attached hydrogen (secondary N) is 1. The fraction of sp³-hybridized carbons (Fsp3) is 0.200. The van der Waals surface area contributed by atoms with Crippen LogP contribution in [0.5, 0.6) is 0 Å². The van der Waals surface area contributed by atoms with Gasteiger partial charge in [-0.05, 0) is 48.0 Å². The molecule has 0 atom stereocenters. The fourth-order valence-electron chi connectivity index (χ4n) is 2.13. The van der Waals surface area contributed by atoms with Crippen molar-refractivity contribution in [2.45, 2.75) is 20.5 Å². The number of hydrogen-bond acceptors (Lipinski definition) is 4. The first kappa shape index (κ1) is 15.4. The largest absolute Gasteiger partial charge is 0.305 e. The Labute approximate surface area is 141 Å². The smallest absolute Gasteiger partial charge is 0.277 e. The van der Waals surface area contributed by atoms with Crippen LogP contribution in [0.4, 0.5) is 5.82 Å². The molecule has 0 aliphatic heterocycles. The van der Waals surface area contributed by atoms with Gasteiger partial charge in [-0.3, -0.25) is 9.48 Å². The molecule has 0 radical (unpaired) electrons. The van der Waals surface area contributed by atoms with Crippen molar-refractivity contribution in [3.63, 3.8) is 0 Å². The van der Waals surface area contributed by atoms with E-state index in [2.05, 4.69) is 36.4 Å². The summed E-state index contributed by atoms with van der Waals surface area (Å²) in [7, 11) is 0. The van der Waals surface area contributed by atoms with E-state index in [1.807, 2.05) is 24.6 Å². The number of nitrogens with zero attached hydrogens (tertiary/aromatic N) is 5. The van der Waals surface area contributed by atoms with Gasteiger partial charge in [0.1, 0.15) is 12.5 Å². The van der Waals surface area contributed by atoms with Crippen molar-refractivity contribution < 1.29 is 4.79 Å². The summed E-state index contributed by atoms with van der Waals surface area (Å²) >= 11 is 3.49. The maximum absolute atomic E-state index is 12.1. The van der Waals surface area contributed by atoms with Crippen LogP contribution in [0.25, 0.3) is 0 Å². The van der Waals surface area contributed by atoms with Gasteiger partial charge in [0, 0.05) is 12.4 Å². The summed E-state index contributed by atoms with van der Waals surface area (Å²) in [5, 5.41) is 11.4. The van der Waals surface area contributed by atoms with E-state index in [4.69, 9.17) is 0 Å². The van der Waals surface area contributed by atoms with Crippen LogP contribution >= 0.6 is 15.9 Å². The lowest BCUT2D eigenvalue weighted by molar-refractivity contribution is 0.102. The van der Waals surface area contributed by atoms with Gasteiger partial charge in [0.25, 0.3) is 5.91 Å². The van der Waals surface area contributed by atoms with Crippen LogP contribution in [0.1, 0.15) is 21.9 Å². The second-order valence-corrected chi connectivity index (χ2v) is 5.83. The van der Waals surface area contributed by atoms with E-state index in [-0.39, 0.29) is 5.91 Å². The van der Waals surface area contributed by atoms with E-state index in [1.54, 1.807) is 35.3 Å². The maximum Gasteiger partial charge on any atom is 0.277 e. The highest BCUT2D eigenvalue weighted by molar-refractivity contribution is 9.10. The van der Waals surface area contributed by atoms with Gasteiger partial charge < -0.3 is 5.32 Å². The molecule has 0 aliphatic rings. The number of carbonyl (C=O) groups excluding carboxylic acids is 1. The average molecular weight is 375 g/mol. The van der Waals surface area contributed by atoms with E-state index < -0.39 is 0 Å². The number of carbonyl (C=O) groups is 1. The van der Waals surface area contributed by atoms with E-state index >= 15 is 0 Å². The van der Waals surface area contributed by atoms with Gasteiger partial charge in [0.15, 0.2) is 5.69 Å². The van der Waals surface area contributed by atoms with Crippen LogP contribution < -0.4 is 5.32 Å². The third-order valence-electron chi connectivity index (χ3n) is 3.35. The fourth-order valence-corrected chi connectivity index (χ4v) is 2.41. The summed E-state index contributed by atoms with van der Waals surface area (Å²) in [6.45, 7) is 4.35. The Bertz CT molecular complexity index is 839. The molecule has 0 unspecified atom stereocenters. The van der Waals surface area contributed by atoms with E-state index in [1.165, 1.54) is 0 Å². The van der Waals surface area contributed by atoms with Crippen molar-refractivity contribution in [3.05, 3.63) is 58.2 Å². The zero-order valence-electron chi connectivity index (χ0n) is 12.7. The number of rotatable bonds is 4.